The first kappa shape index (κ1) is 14.7. The van der Waals surface area contributed by atoms with E-state index in [0.717, 1.165) is 17.9 Å². The number of nitrogens with zero attached hydrogens (tertiary/aromatic N) is 2. The van der Waals surface area contributed by atoms with Crippen molar-refractivity contribution in [1.29, 1.82) is 0 Å². The molecule has 0 aromatic carbocycles. The van der Waals surface area contributed by atoms with Gasteiger partial charge in [0, 0.05) is 18.3 Å². The Morgan fingerprint density at radius 3 is 2.56 bits per heavy atom. The number of primary amides is 1. The molecule has 1 aromatic rings. The van der Waals surface area contributed by atoms with E-state index in [0.29, 0.717) is 6.42 Å². The van der Waals surface area contributed by atoms with Gasteiger partial charge in [0.25, 0.3) is 0 Å². The first-order chi connectivity index (χ1) is 8.26. The molecule has 1 atom stereocenters. The van der Waals surface area contributed by atoms with Gasteiger partial charge in [-0.05, 0) is 41.0 Å². The van der Waals surface area contributed by atoms with Crippen LogP contribution in [0.15, 0.2) is 6.33 Å². The summed E-state index contributed by atoms with van der Waals surface area (Å²) in [5.41, 5.74) is 6.97. The SMILES string of the molecule is Cc1ncn(CCC(C)(NC(C)C)C(N)=O)c1C. The Bertz CT molecular complexity index is 425. The van der Waals surface area contributed by atoms with Crippen molar-refractivity contribution >= 4 is 5.91 Å². The molecule has 0 saturated carbocycles. The third-order valence-electron chi connectivity index (χ3n) is 3.35. The highest BCUT2D eigenvalue weighted by atomic mass is 16.1. The Kier molecular flexibility index (Phi) is 4.51. The molecule has 102 valence electrons. The predicted molar refractivity (Wildman–Crippen MR) is 72.2 cm³/mol. The van der Waals surface area contributed by atoms with Crippen molar-refractivity contribution in [3.8, 4) is 0 Å². The molecule has 18 heavy (non-hydrogen) atoms. The molecule has 1 unspecified atom stereocenters. The number of carbonyl (C=O) groups is 1. The molecule has 0 aliphatic rings. The molecule has 3 N–H and O–H groups in total. The highest BCUT2D eigenvalue weighted by Gasteiger charge is 2.31. The first-order valence-corrected chi connectivity index (χ1v) is 6.32. The van der Waals surface area contributed by atoms with Crippen molar-refractivity contribution in [2.75, 3.05) is 0 Å². The molecule has 0 bridgehead atoms. The highest BCUT2D eigenvalue weighted by Crippen LogP contribution is 2.14. The fourth-order valence-electron chi connectivity index (χ4n) is 2.02. The fraction of sp³-hybridized carbons (Fsp3) is 0.692. The Balaban J connectivity index is 2.74. The van der Waals surface area contributed by atoms with Gasteiger partial charge in [-0.15, -0.1) is 0 Å². The van der Waals surface area contributed by atoms with E-state index >= 15 is 0 Å². The molecule has 5 heteroatoms. The number of imidazole rings is 1. The zero-order valence-electron chi connectivity index (χ0n) is 11.9. The van der Waals surface area contributed by atoms with Crippen LogP contribution in [0.1, 0.15) is 38.6 Å². The lowest BCUT2D eigenvalue weighted by Crippen LogP contribution is -2.55. The summed E-state index contributed by atoms with van der Waals surface area (Å²) >= 11 is 0. The number of hydrogen-bond donors (Lipinski definition) is 2. The first-order valence-electron chi connectivity index (χ1n) is 6.32. The van der Waals surface area contributed by atoms with Crippen molar-refractivity contribution in [2.24, 2.45) is 5.73 Å². The van der Waals surface area contributed by atoms with Crippen molar-refractivity contribution in [3.63, 3.8) is 0 Å². The van der Waals surface area contributed by atoms with E-state index in [2.05, 4.69) is 14.9 Å². The quantitative estimate of drug-likeness (QED) is 0.797. The van der Waals surface area contributed by atoms with E-state index in [1.54, 1.807) is 6.33 Å². The molecule has 0 fully saturated rings. The number of rotatable bonds is 6. The van der Waals surface area contributed by atoms with Gasteiger partial charge >= 0.3 is 0 Å². The van der Waals surface area contributed by atoms with Crippen LogP contribution in [0.25, 0.3) is 0 Å². The normalized spacial score (nSPS) is 14.8. The summed E-state index contributed by atoms with van der Waals surface area (Å²) in [6, 6.07) is 0.216. The summed E-state index contributed by atoms with van der Waals surface area (Å²) in [6.07, 6.45) is 2.46. The van der Waals surface area contributed by atoms with Crippen molar-refractivity contribution in [2.45, 2.75) is 59.2 Å². The standard InChI is InChI=1S/C13H24N4O/c1-9(2)16-13(5,12(14)18)6-7-17-8-15-10(3)11(17)4/h8-9,16H,6-7H2,1-5H3,(H2,14,18). The molecule has 1 rings (SSSR count). The third-order valence-corrected chi connectivity index (χ3v) is 3.35. The maximum atomic E-state index is 11.6. The molecule has 1 heterocycles. The van der Waals surface area contributed by atoms with Crippen LogP contribution in [0.2, 0.25) is 0 Å². The van der Waals surface area contributed by atoms with Crippen LogP contribution in [0.4, 0.5) is 0 Å². The maximum absolute atomic E-state index is 11.6. The van der Waals surface area contributed by atoms with Crippen molar-refractivity contribution in [1.82, 2.24) is 14.9 Å². The maximum Gasteiger partial charge on any atom is 0.237 e. The van der Waals surface area contributed by atoms with Gasteiger partial charge in [0.05, 0.1) is 17.6 Å². The lowest BCUT2D eigenvalue weighted by atomic mass is 9.95. The zero-order valence-corrected chi connectivity index (χ0v) is 11.9. The Labute approximate surface area is 109 Å². The number of aromatic nitrogens is 2. The lowest BCUT2D eigenvalue weighted by molar-refractivity contribution is -0.124. The summed E-state index contributed by atoms with van der Waals surface area (Å²) in [5.74, 6) is -0.314. The van der Waals surface area contributed by atoms with E-state index in [-0.39, 0.29) is 11.9 Å². The van der Waals surface area contributed by atoms with E-state index in [4.69, 9.17) is 5.73 Å². The van der Waals surface area contributed by atoms with Crippen LogP contribution in [0.3, 0.4) is 0 Å². The average molecular weight is 252 g/mol. The summed E-state index contributed by atoms with van der Waals surface area (Å²) in [7, 11) is 0. The van der Waals surface area contributed by atoms with Crippen LogP contribution in [-0.2, 0) is 11.3 Å². The van der Waals surface area contributed by atoms with Gasteiger partial charge in [0.2, 0.25) is 5.91 Å². The molecule has 1 amide bonds. The third kappa shape index (κ3) is 3.32. The summed E-state index contributed by atoms with van der Waals surface area (Å²) in [4.78, 5) is 15.9. The van der Waals surface area contributed by atoms with Gasteiger partial charge in [0.15, 0.2) is 0 Å². The highest BCUT2D eigenvalue weighted by molar-refractivity contribution is 5.84. The molecule has 1 aromatic heterocycles. The number of amides is 1. The van der Waals surface area contributed by atoms with Gasteiger partial charge in [0.1, 0.15) is 0 Å². The Morgan fingerprint density at radius 1 is 1.56 bits per heavy atom. The predicted octanol–water partition coefficient (Wildman–Crippen LogP) is 1.13. The fourth-order valence-corrected chi connectivity index (χ4v) is 2.02. The van der Waals surface area contributed by atoms with E-state index in [9.17, 15) is 4.79 Å². The van der Waals surface area contributed by atoms with Crippen molar-refractivity contribution in [3.05, 3.63) is 17.7 Å². The van der Waals surface area contributed by atoms with Crippen molar-refractivity contribution < 1.29 is 4.79 Å². The smallest absolute Gasteiger partial charge is 0.237 e. The van der Waals surface area contributed by atoms with Crippen LogP contribution < -0.4 is 11.1 Å². The largest absolute Gasteiger partial charge is 0.368 e. The lowest BCUT2D eigenvalue weighted by Gasteiger charge is -2.30. The number of hydrogen-bond acceptors (Lipinski definition) is 3. The van der Waals surface area contributed by atoms with Crippen LogP contribution in [0.5, 0.6) is 0 Å². The number of nitrogens with one attached hydrogen (secondary N) is 1. The van der Waals surface area contributed by atoms with E-state index in [1.165, 1.54) is 0 Å². The summed E-state index contributed by atoms with van der Waals surface area (Å²) < 4.78 is 2.05. The second kappa shape index (κ2) is 5.52. The Hall–Kier alpha value is -1.36. The van der Waals surface area contributed by atoms with Crippen LogP contribution in [-0.4, -0.2) is 27.0 Å². The molecule has 0 aliphatic carbocycles. The minimum atomic E-state index is -0.682. The van der Waals surface area contributed by atoms with Gasteiger partial charge in [-0.3, -0.25) is 4.79 Å². The molecule has 0 spiro atoms. The van der Waals surface area contributed by atoms with Crippen LogP contribution >= 0.6 is 0 Å². The van der Waals surface area contributed by atoms with E-state index in [1.807, 2.05) is 34.6 Å². The summed E-state index contributed by atoms with van der Waals surface area (Å²) in [5, 5.41) is 3.24. The molecule has 5 nitrogen and oxygen atoms in total. The van der Waals surface area contributed by atoms with Crippen LogP contribution in [0, 0.1) is 13.8 Å². The van der Waals surface area contributed by atoms with Gasteiger partial charge < -0.3 is 15.6 Å². The average Bonchev–Trinajstić information content (AvgIpc) is 2.56. The minimum Gasteiger partial charge on any atom is -0.368 e. The number of carbonyl (C=O) groups excluding carboxylic acids is 1. The zero-order chi connectivity index (χ0) is 13.9. The topological polar surface area (TPSA) is 72.9 Å². The number of nitrogens with two attached hydrogens (primary N) is 1. The Morgan fingerprint density at radius 2 is 2.17 bits per heavy atom. The minimum absolute atomic E-state index is 0.216. The molecule has 0 aliphatic heterocycles. The second-order valence-electron chi connectivity index (χ2n) is 5.35. The van der Waals surface area contributed by atoms with Gasteiger partial charge in [-0.1, -0.05) is 0 Å². The molecule has 0 radical (unpaired) electrons. The monoisotopic (exact) mass is 252 g/mol. The van der Waals surface area contributed by atoms with Gasteiger partial charge in [-0.2, -0.15) is 0 Å². The summed E-state index contributed by atoms with van der Waals surface area (Å²) in [6.45, 7) is 10.6. The molecule has 0 saturated heterocycles. The number of aryl methyl sites for hydroxylation is 2. The van der Waals surface area contributed by atoms with Gasteiger partial charge in [-0.25, -0.2) is 4.98 Å². The second-order valence-corrected chi connectivity index (χ2v) is 5.35. The molecular weight excluding hydrogens is 228 g/mol. The molecular formula is C13H24N4O. The van der Waals surface area contributed by atoms with E-state index < -0.39 is 5.54 Å².